The largest absolute Gasteiger partial charge is 0.289 e. The third-order valence-electron chi connectivity index (χ3n) is 1.28. The first-order valence-electron chi connectivity index (χ1n) is 3.40. The molecule has 5 heteroatoms. The molecular weight excluding hydrogens is 158 g/mol. The Labute approximate surface area is 69.4 Å². The zero-order valence-corrected chi connectivity index (χ0v) is 6.32. The lowest BCUT2D eigenvalue weighted by Crippen LogP contribution is -2.19. The molecule has 3 N–H and O–H groups in total. The summed E-state index contributed by atoms with van der Waals surface area (Å²) in [4.78, 5) is 10.7. The number of nitrogens with one attached hydrogen (secondary N) is 2. The van der Waals surface area contributed by atoms with Gasteiger partial charge < -0.3 is 0 Å². The van der Waals surface area contributed by atoms with E-state index in [4.69, 9.17) is 5.21 Å². The molecule has 1 aliphatic rings. The topological polar surface area (TPSA) is 73.7 Å². The number of hydroxylamine groups is 1. The summed E-state index contributed by atoms with van der Waals surface area (Å²) in [6, 6.07) is 0. The smallest absolute Gasteiger partial charge is 0.247 e. The Hall–Kier alpha value is -1.62. The summed E-state index contributed by atoms with van der Waals surface area (Å²) < 4.78 is 0. The molecule has 0 saturated carbocycles. The van der Waals surface area contributed by atoms with E-state index in [0.29, 0.717) is 0 Å². The van der Waals surface area contributed by atoms with Gasteiger partial charge in [0.15, 0.2) is 0 Å². The van der Waals surface area contributed by atoms with E-state index in [1.165, 1.54) is 6.21 Å². The van der Waals surface area contributed by atoms with Crippen molar-refractivity contribution in [3.8, 4) is 0 Å². The van der Waals surface area contributed by atoms with Crippen LogP contribution in [-0.2, 0) is 4.79 Å². The first-order valence-corrected chi connectivity index (χ1v) is 3.40. The molecular formula is C7H9N3O2. The Morgan fingerprint density at radius 3 is 3.33 bits per heavy atom. The normalized spacial score (nSPS) is 14.6. The van der Waals surface area contributed by atoms with E-state index in [9.17, 15) is 4.79 Å². The molecule has 0 unspecified atom stereocenters. The van der Waals surface area contributed by atoms with Crippen LogP contribution < -0.4 is 10.9 Å². The van der Waals surface area contributed by atoms with E-state index in [0.717, 1.165) is 5.57 Å². The van der Waals surface area contributed by atoms with Crippen LogP contribution >= 0.6 is 0 Å². The van der Waals surface area contributed by atoms with E-state index in [1.54, 1.807) is 23.8 Å². The number of hydrogen-bond acceptors (Lipinski definition) is 4. The van der Waals surface area contributed by atoms with Crippen molar-refractivity contribution in [1.82, 2.24) is 10.9 Å². The number of carbonyl (C=O) groups excluding carboxylic acids is 1. The number of carbonyl (C=O) groups is 1. The van der Waals surface area contributed by atoms with Gasteiger partial charge in [-0.1, -0.05) is 6.08 Å². The summed E-state index contributed by atoms with van der Waals surface area (Å²) in [6.45, 7) is 0. The van der Waals surface area contributed by atoms with Gasteiger partial charge in [-0.05, 0) is 11.6 Å². The van der Waals surface area contributed by atoms with Crippen LogP contribution in [0.1, 0.15) is 6.42 Å². The molecule has 0 aromatic heterocycles. The van der Waals surface area contributed by atoms with Crippen molar-refractivity contribution in [2.75, 3.05) is 0 Å². The Balaban J connectivity index is 2.56. The maximum atomic E-state index is 10.7. The molecule has 0 spiro atoms. The van der Waals surface area contributed by atoms with Gasteiger partial charge in [-0.15, -0.1) is 0 Å². The molecule has 0 bridgehead atoms. The average Bonchev–Trinajstić information content (AvgIpc) is 2.33. The number of amides is 1. The molecule has 64 valence electrons. The van der Waals surface area contributed by atoms with Crippen LogP contribution in [-0.4, -0.2) is 17.3 Å². The van der Waals surface area contributed by atoms with Gasteiger partial charge in [0.25, 0.3) is 0 Å². The minimum Gasteiger partial charge on any atom is -0.289 e. The fourth-order valence-electron chi connectivity index (χ4n) is 0.750. The number of hydrazone groups is 1. The maximum Gasteiger partial charge on any atom is 0.247 e. The zero-order chi connectivity index (χ0) is 8.81. The monoisotopic (exact) mass is 167 g/mol. The highest BCUT2D eigenvalue weighted by Crippen LogP contribution is 1.99. The highest BCUT2D eigenvalue weighted by Gasteiger charge is 2.02. The third kappa shape index (κ3) is 2.55. The van der Waals surface area contributed by atoms with Gasteiger partial charge in [0.2, 0.25) is 5.91 Å². The standard InChI is InChI=1S/C7H9N3O2/c11-7(10-12)4-6-2-1-3-8-9-5-6/h1-3,5,8,12H,4H2,(H,10,11). The van der Waals surface area contributed by atoms with E-state index in [-0.39, 0.29) is 6.42 Å². The van der Waals surface area contributed by atoms with Gasteiger partial charge >= 0.3 is 0 Å². The van der Waals surface area contributed by atoms with Gasteiger partial charge in [-0.2, -0.15) is 5.10 Å². The van der Waals surface area contributed by atoms with Crippen LogP contribution in [0.15, 0.2) is 29.0 Å². The number of allylic oxidation sites excluding steroid dienone is 2. The fourth-order valence-corrected chi connectivity index (χ4v) is 0.750. The summed E-state index contributed by atoms with van der Waals surface area (Å²) >= 11 is 0. The highest BCUT2D eigenvalue weighted by atomic mass is 16.5. The molecule has 0 saturated heterocycles. The zero-order valence-electron chi connectivity index (χ0n) is 6.32. The maximum absolute atomic E-state index is 10.7. The molecule has 0 fully saturated rings. The first kappa shape index (κ1) is 8.48. The predicted octanol–water partition coefficient (Wildman–Crippen LogP) is -0.0890. The van der Waals surface area contributed by atoms with Gasteiger partial charge in [0.1, 0.15) is 0 Å². The lowest BCUT2D eigenvalue weighted by molar-refractivity contribution is -0.128. The number of nitrogens with zero attached hydrogens (tertiary/aromatic N) is 1. The summed E-state index contributed by atoms with van der Waals surface area (Å²) in [6.07, 6.45) is 6.74. The molecule has 5 nitrogen and oxygen atoms in total. The van der Waals surface area contributed by atoms with Crippen LogP contribution in [0.2, 0.25) is 0 Å². The van der Waals surface area contributed by atoms with Crippen LogP contribution in [0, 0.1) is 0 Å². The first-order chi connectivity index (χ1) is 5.83. The fraction of sp³-hybridized carbons (Fsp3) is 0.143. The van der Waals surface area contributed by atoms with Crippen LogP contribution in [0.5, 0.6) is 0 Å². The third-order valence-corrected chi connectivity index (χ3v) is 1.28. The van der Waals surface area contributed by atoms with E-state index < -0.39 is 5.91 Å². The van der Waals surface area contributed by atoms with Crippen molar-refractivity contribution in [1.29, 1.82) is 0 Å². The van der Waals surface area contributed by atoms with Crippen molar-refractivity contribution in [3.05, 3.63) is 23.9 Å². The Kier molecular flexibility index (Phi) is 3.04. The molecule has 1 aliphatic heterocycles. The van der Waals surface area contributed by atoms with E-state index in [1.807, 2.05) is 0 Å². The number of hydrogen-bond donors (Lipinski definition) is 3. The molecule has 12 heavy (non-hydrogen) atoms. The summed E-state index contributed by atoms with van der Waals surface area (Å²) in [5.41, 5.74) is 4.88. The van der Waals surface area contributed by atoms with Crippen molar-refractivity contribution in [3.63, 3.8) is 0 Å². The lowest BCUT2D eigenvalue weighted by atomic mass is 10.2. The molecule has 1 amide bonds. The summed E-state index contributed by atoms with van der Waals surface area (Å²) in [5, 5.41) is 12.0. The second-order valence-electron chi connectivity index (χ2n) is 2.20. The summed E-state index contributed by atoms with van der Waals surface area (Å²) in [5.74, 6) is -0.456. The van der Waals surface area contributed by atoms with Gasteiger partial charge in [-0.3, -0.25) is 15.4 Å². The second-order valence-corrected chi connectivity index (χ2v) is 2.20. The molecule has 0 radical (unpaired) electrons. The molecule has 1 heterocycles. The number of rotatable bonds is 2. The van der Waals surface area contributed by atoms with Crippen molar-refractivity contribution >= 4 is 12.1 Å². The molecule has 0 aliphatic carbocycles. The highest BCUT2D eigenvalue weighted by molar-refractivity contribution is 5.89. The predicted molar refractivity (Wildman–Crippen MR) is 43.4 cm³/mol. The minimum atomic E-state index is -0.456. The second kappa shape index (κ2) is 4.30. The Bertz CT molecular complexity index is 255. The average molecular weight is 167 g/mol. The van der Waals surface area contributed by atoms with E-state index >= 15 is 0 Å². The van der Waals surface area contributed by atoms with Crippen molar-refractivity contribution in [2.45, 2.75) is 6.42 Å². The van der Waals surface area contributed by atoms with Gasteiger partial charge in [0, 0.05) is 6.20 Å². The van der Waals surface area contributed by atoms with Crippen molar-refractivity contribution < 1.29 is 10.0 Å². The SMILES string of the molecule is O=C(CC1=CC=CNN=C1)NO. The van der Waals surface area contributed by atoms with Gasteiger partial charge in [-0.25, -0.2) is 5.48 Å². The Morgan fingerprint density at radius 1 is 1.75 bits per heavy atom. The molecule has 0 aromatic rings. The van der Waals surface area contributed by atoms with Crippen LogP contribution in [0.4, 0.5) is 0 Å². The molecule has 1 rings (SSSR count). The lowest BCUT2D eigenvalue weighted by Gasteiger charge is -1.96. The van der Waals surface area contributed by atoms with Crippen LogP contribution in [0.25, 0.3) is 0 Å². The molecule has 0 aromatic carbocycles. The minimum absolute atomic E-state index is 0.117. The quantitative estimate of drug-likeness (QED) is 0.397. The van der Waals surface area contributed by atoms with Crippen LogP contribution in [0.3, 0.4) is 0 Å². The summed E-state index contributed by atoms with van der Waals surface area (Å²) in [7, 11) is 0. The molecule has 0 atom stereocenters. The van der Waals surface area contributed by atoms with E-state index in [2.05, 4.69) is 10.5 Å². The van der Waals surface area contributed by atoms with Crippen molar-refractivity contribution in [2.24, 2.45) is 5.10 Å². The Morgan fingerprint density at radius 2 is 2.58 bits per heavy atom. The van der Waals surface area contributed by atoms with Gasteiger partial charge in [0.05, 0.1) is 12.6 Å².